The molecule has 0 aliphatic carbocycles. The molecule has 10 heteroatoms. The molecule has 1 heterocycles. The lowest BCUT2D eigenvalue weighted by Crippen LogP contribution is -2.39. The average molecular weight is 544 g/mol. The number of rotatable bonds is 7. The minimum Gasteiger partial charge on any atom is -0.488 e. The van der Waals surface area contributed by atoms with Crippen molar-refractivity contribution in [2.24, 2.45) is 10.7 Å². The summed E-state index contributed by atoms with van der Waals surface area (Å²) in [6, 6.07) is 3.93. The van der Waals surface area contributed by atoms with Gasteiger partial charge in [-0.15, -0.1) is 24.0 Å². The van der Waals surface area contributed by atoms with E-state index in [0.717, 1.165) is 45.3 Å². The predicted octanol–water partition coefficient (Wildman–Crippen LogP) is 3.63. The van der Waals surface area contributed by atoms with Gasteiger partial charge in [0.1, 0.15) is 11.4 Å². The third-order valence-corrected chi connectivity index (χ3v) is 4.29. The molecular formula is C20H32F3IN4O2. The normalized spacial score (nSPS) is 16.1. The van der Waals surface area contributed by atoms with E-state index in [9.17, 15) is 13.2 Å². The highest BCUT2D eigenvalue weighted by atomic mass is 127. The molecule has 0 spiro atoms. The van der Waals surface area contributed by atoms with E-state index in [1.807, 2.05) is 0 Å². The molecule has 172 valence electrons. The van der Waals surface area contributed by atoms with E-state index >= 15 is 0 Å². The fourth-order valence-electron chi connectivity index (χ4n) is 2.94. The van der Waals surface area contributed by atoms with Gasteiger partial charge >= 0.3 is 6.18 Å². The molecule has 0 atom stereocenters. The SMILES string of the molecule is CC(C)(C)Oc1ccc(CN=C(N)NCCCN2CCOCC2)c(C(F)(F)F)c1.I. The Balaban J connectivity index is 0.00000450. The van der Waals surface area contributed by atoms with E-state index in [1.54, 1.807) is 20.8 Å². The molecule has 0 saturated carbocycles. The molecule has 0 radical (unpaired) electrons. The Kier molecular flexibility index (Phi) is 10.7. The zero-order valence-electron chi connectivity index (χ0n) is 17.7. The van der Waals surface area contributed by atoms with Crippen LogP contribution < -0.4 is 15.8 Å². The number of nitrogens with one attached hydrogen (secondary N) is 1. The van der Waals surface area contributed by atoms with Crippen LogP contribution in [0.4, 0.5) is 13.2 Å². The van der Waals surface area contributed by atoms with Crippen LogP contribution in [0, 0.1) is 0 Å². The summed E-state index contributed by atoms with van der Waals surface area (Å²) >= 11 is 0. The van der Waals surface area contributed by atoms with E-state index in [2.05, 4.69) is 15.2 Å². The van der Waals surface area contributed by atoms with Crippen molar-refractivity contribution in [2.75, 3.05) is 39.4 Å². The Morgan fingerprint density at radius 1 is 1.23 bits per heavy atom. The van der Waals surface area contributed by atoms with Crippen molar-refractivity contribution in [1.29, 1.82) is 0 Å². The highest BCUT2D eigenvalue weighted by Crippen LogP contribution is 2.35. The number of halogens is 4. The molecule has 1 aliphatic rings. The molecule has 1 fully saturated rings. The molecule has 0 aromatic heterocycles. The second kappa shape index (κ2) is 11.9. The van der Waals surface area contributed by atoms with Crippen molar-refractivity contribution >= 4 is 29.9 Å². The largest absolute Gasteiger partial charge is 0.488 e. The average Bonchev–Trinajstić information content (AvgIpc) is 2.63. The Morgan fingerprint density at radius 2 is 1.90 bits per heavy atom. The van der Waals surface area contributed by atoms with Crippen LogP contribution in [0.25, 0.3) is 0 Å². The van der Waals surface area contributed by atoms with Gasteiger partial charge in [-0.2, -0.15) is 13.2 Å². The molecule has 0 amide bonds. The summed E-state index contributed by atoms with van der Waals surface area (Å²) < 4.78 is 51.2. The summed E-state index contributed by atoms with van der Waals surface area (Å²) in [5.74, 6) is 0.307. The molecule has 1 aliphatic heterocycles. The first-order valence-corrected chi connectivity index (χ1v) is 9.77. The second-order valence-corrected chi connectivity index (χ2v) is 7.97. The molecule has 6 nitrogen and oxygen atoms in total. The van der Waals surface area contributed by atoms with Crippen molar-refractivity contribution < 1.29 is 22.6 Å². The predicted molar refractivity (Wildman–Crippen MR) is 122 cm³/mol. The number of nitrogens with zero attached hydrogens (tertiary/aromatic N) is 2. The molecular weight excluding hydrogens is 512 g/mol. The van der Waals surface area contributed by atoms with Crippen molar-refractivity contribution in [2.45, 2.75) is 45.5 Å². The highest BCUT2D eigenvalue weighted by molar-refractivity contribution is 14.0. The Hall–Kier alpha value is -1.27. The molecule has 3 N–H and O–H groups in total. The molecule has 0 bridgehead atoms. The fourth-order valence-corrected chi connectivity index (χ4v) is 2.94. The number of nitrogens with two attached hydrogens (primary N) is 1. The van der Waals surface area contributed by atoms with Gasteiger partial charge in [0.25, 0.3) is 0 Å². The topological polar surface area (TPSA) is 72.1 Å². The van der Waals surface area contributed by atoms with Gasteiger partial charge in [-0.25, -0.2) is 4.99 Å². The number of hydrogen-bond acceptors (Lipinski definition) is 4. The van der Waals surface area contributed by atoms with Gasteiger partial charge < -0.3 is 20.5 Å². The van der Waals surface area contributed by atoms with Gasteiger partial charge in [0.2, 0.25) is 0 Å². The van der Waals surface area contributed by atoms with Gasteiger partial charge in [0.15, 0.2) is 5.96 Å². The number of aliphatic imine (C=N–C) groups is 1. The summed E-state index contributed by atoms with van der Waals surface area (Å²) in [5, 5.41) is 2.96. The lowest BCUT2D eigenvalue weighted by atomic mass is 10.1. The van der Waals surface area contributed by atoms with E-state index < -0.39 is 17.3 Å². The number of hydrogen-bond donors (Lipinski definition) is 2. The minimum atomic E-state index is -4.50. The lowest BCUT2D eigenvalue weighted by Gasteiger charge is -2.26. The summed E-state index contributed by atoms with van der Waals surface area (Å²) in [4.78, 5) is 6.37. The van der Waals surface area contributed by atoms with E-state index in [0.29, 0.717) is 6.54 Å². The maximum atomic E-state index is 13.4. The van der Waals surface area contributed by atoms with Crippen molar-refractivity contribution in [3.05, 3.63) is 29.3 Å². The van der Waals surface area contributed by atoms with Gasteiger partial charge in [-0.05, 0) is 51.4 Å². The maximum absolute atomic E-state index is 13.4. The number of benzene rings is 1. The van der Waals surface area contributed by atoms with Crippen LogP contribution in [-0.2, 0) is 17.5 Å². The van der Waals surface area contributed by atoms with Crippen LogP contribution in [0.15, 0.2) is 23.2 Å². The number of morpholine rings is 1. The lowest BCUT2D eigenvalue weighted by molar-refractivity contribution is -0.138. The first-order valence-electron chi connectivity index (χ1n) is 9.77. The van der Waals surface area contributed by atoms with Crippen LogP contribution in [0.3, 0.4) is 0 Å². The smallest absolute Gasteiger partial charge is 0.416 e. The zero-order chi connectivity index (χ0) is 21.5. The van der Waals surface area contributed by atoms with Crippen LogP contribution in [0.5, 0.6) is 5.75 Å². The maximum Gasteiger partial charge on any atom is 0.416 e. The Labute approximate surface area is 193 Å². The molecule has 30 heavy (non-hydrogen) atoms. The quantitative estimate of drug-likeness (QED) is 0.238. The van der Waals surface area contributed by atoms with Crippen molar-refractivity contribution in [3.8, 4) is 5.75 Å². The van der Waals surface area contributed by atoms with Crippen LogP contribution >= 0.6 is 24.0 Å². The zero-order valence-corrected chi connectivity index (χ0v) is 20.0. The van der Waals surface area contributed by atoms with Gasteiger partial charge in [-0.1, -0.05) is 6.07 Å². The van der Waals surface area contributed by atoms with Crippen molar-refractivity contribution in [3.63, 3.8) is 0 Å². The van der Waals surface area contributed by atoms with E-state index in [1.165, 1.54) is 12.1 Å². The van der Waals surface area contributed by atoms with Crippen LogP contribution in [-0.4, -0.2) is 55.9 Å². The van der Waals surface area contributed by atoms with E-state index in [4.69, 9.17) is 15.2 Å². The second-order valence-electron chi connectivity index (χ2n) is 7.97. The fraction of sp³-hybridized carbons (Fsp3) is 0.650. The number of alkyl halides is 3. The van der Waals surface area contributed by atoms with Crippen LogP contribution in [0.2, 0.25) is 0 Å². The molecule has 1 aromatic carbocycles. The Bertz CT molecular complexity index is 688. The summed E-state index contributed by atoms with van der Waals surface area (Å²) in [5.41, 5.74) is 4.52. The standard InChI is InChI=1S/C20H31F3N4O2.HI/c1-19(2,3)29-16-6-5-15(17(13-16)20(21,22)23)14-26-18(24)25-7-4-8-27-9-11-28-12-10-27;/h5-6,13H,4,7-12,14H2,1-3H3,(H3,24,25,26);1H. The molecule has 0 unspecified atom stereocenters. The molecule has 1 aromatic rings. The third-order valence-electron chi connectivity index (χ3n) is 4.29. The first-order chi connectivity index (χ1) is 13.5. The van der Waals surface area contributed by atoms with E-state index in [-0.39, 0.29) is 47.8 Å². The van der Waals surface area contributed by atoms with Gasteiger partial charge in [0, 0.05) is 19.6 Å². The third kappa shape index (κ3) is 9.69. The Morgan fingerprint density at radius 3 is 2.50 bits per heavy atom. The summed E-state index contributed by atoms with van der Waals surface area (Å²) in [6.45, 7) is 10.0. The molecule has 1 saturated heterocycles. The van der Waals surface area contributed by atoms with Crippen LogP contribution in [0.1, 0.15) is 38.3 Å². The monoisotopic (exact) mass is 544 g/mol. The van der Waals surface area contributed by atoms with Gasteiger partial charge in [0.05, 0.1) is 25.3 Å². The first kappa shape index (κ1) is 26.8. The number of guanidine groups is 1. The summed E-state index contributed by atoms with van der Waals surface area (Å²) in [7, 11) is 0. The van der Waals surface area contributed by atoms with Gasteiger partial charge in [-0.3, -0.25) is 4.90 Å². The van der Waals surface area contributed by atoms with Crippen molar-refractivity contribution in [1.82, 2.24) is 10.2 Å². The minimum absolute atomic E-state index is 0. The highest BCUT2D eigenvalue weighted by Gasteiger charge is 2.34. The molecule has 2 rings (SSSR count). The summed E-state index contributed by atoms with van der Waals surface area (Å²) in [6.07, 6.45) is -3.63. The number of ether oxygens (including phenoxy) is 2.